The summed E-state index contributed by atoms with van der Waals surface area (Å²) in [6.07, 6.45) is 0. The standard InChI is InChI=1S/C17H12N4O3S/c1-21-13(17(23)24-20-21)14(22)15-12(18)10-7-8-11(19-16(10)25-15)9-5-3-2-4-6-9/h2-8H,1H3,(H2-,18,20,22,23)/p+1. The first-order valence-corrected chi connectivity index (χ1v) is 8.24. The molecule has 0 aliphatic rings. The third-order valence-corrected chi connectivity index (χ3v) is 5.00. The van der Waals surface area contributed by atoms with Gasteiger partial charge in [-0.1, -0.05) is 35.0 Å². The Kier molecular flexibility index (Phi) is 3.47. The van der Waals surface area contributed by atoms with Gasteiger partial charge in [-0.15, -0.1) is 11.3 Å². The van der Waals surface area contributed by atoms with E-state index in [9.17, 15) is 9.59 Å². The molecular weight excluding hydrogens is 340 g/mol. The highest BCUT2D eigenvalue weighted by atomic mass is 32.1. The van der Waals surface area contributed by atoms with Gasteiger partial charge in [-0.3, -0.25) is 9.32 Å². The van der Waals surface area contributed by atoms with Crippen molar-refractivity contribution in [3.8, 4) is 11.3 Å². The zero-order valence-corrected chi connectivity index (χ0v) is 14.0. The minimum Gasteiger partial charge on any atom is -0.397 e. The van der Waals surface area contributed by atoms with Gasteiger partial charge in [0.15, 0.2) is 7.05 Å². The van der Waals surface area contributed by atoms with Gasteiger partial charge in [-0.05, 0) is 17.4 Å². The number of benzene rings is 1. The van der Waals surface area contributed by atoms with Gasteiger partial charge in [0, 0.05) is 10.9 Å². The van der Waals surface area contributed by atoms with Gasteiger partial charge < -0.3 is 5.73 Å². The summed E-state index contributed by atoms with van der Waals surface area (Å²) in [5, 5.41) is 3.02. The van der Waals surface area contributed by atoms with E-state index in [0.29, 0.717) is 15.9 Å². The summed E-state index contributed by atoms with van der Waals surface area (Å²) in [5.74, 6) is -0.487. The Balaban J connectivity index is 1.85. The molecule has 0 aliphatic heterocycles. The average Bonchev–Trinajstić information content (AvgIpc) is 3.14. The van der Waals surface area contributed by atoms with Gasteiger partial charge >= 0.3 is 11.3 Å². The monoisotopic (exact) mass is 353 g/mol. The lowest BCUT2D eigenvalue weighted by Crippen LogP contribution is -2.39. The molecule has 1 aromatic carbocycles. The number of nitrogen functional groups attached to an aromatic ring is 1. The molecule has 0 radical (unpaired) electrons. The number of nitrogens with two attached hydrogens (primary N) is 1. The molecule has 0 amide bonds. The van der Waals surface area contributed by atoms with Crippen LogP contribution in [0.5, 0.6) is 0 Å². The van der Waals surface area contributed by atoms with Gasteiger partial charge in [0.2, 0.25) is 0 Å². The number of hydrogen-bond acceptors (Lipinski definition) is 6. The minimum atomic E-state index is -0.734. The molecule has 7 nitrogen and oxygen atoms in total. The van der Waals surface area contributed by atoms with Crippen LogP contribution in [0.15, 0.2) is 51.8 Å². The van der Waals surface area contributed by atoms with E-state index in [0.717, 1.165) is 22.6 Å². The number of H-pyrrole nitrogens is 1. The minimum absolute atomic E-state index is 0.110. The zero-order chi connectivity index (χ0) is 17.6. The maximum absolute atomic E-state index is 12.7. The second-order valence-electron chi connectivity index (χ2n) is 5.48. The number of hydrogen-bond donors (Lipinski definition) is 2. The number of pyridine rings is 1. The summed E-state index contributed by atoms with van der Waals surface area (Å²) in [4.78, 5) is 29.9. The van der Waals surface area contributed by atoms with Crippen molar-refractivity contribution in [3.63, 3.8) is 0 Å². The SMILES string of the molecule is C[n+]1[nH]oc(=O)c1C(=O)c1sc2nc(-c3ccccc3)ccc2c1N. The predicted octanol–water partition coefficient (Wildman–Crippen LogP) is 1.88. The molecule has 0 saturated heterocycles. The fourth-order valence-corrected chi connectivity index (χ4v) is 3.66. The number of rotatable bonds is 3. The van der Waals surface area contributed by atoms with E-state index in [1.807, 2.05) is 42.5 Å². The number of aryl methyl sites for hydroxylation is 1. The van der Waals surface area contributed by atoms with E-state index in [1.165, 1.54) is 11.7 Å². The Labute approximate surface area is 145 Å². The van der Waals surface area contributed by atoms with Gasteiger partial charge in [0.25, 0.3) is 5.78 Å². The number of nitrogens with one attached hydrogen (secondary N) is 1. The van der Waals surface area contributed by atoms with Gasteiger partial charge in [0.1, 0.15) is 9.71 Å². The highest BCUT2D eigenvalue weighted by Crippen LogP contribution is 2.34. The molecule has 3 aromatic heterocycles. The lowest BCUT2D eigenvalue weighted by Gasteiger charge is -2.00. The van der Waals surface area contributed by atoms with Crippen molar-refractivity contribution >= 4 is 33.0 Å². The van der Waals surface area contributed by atoms with Gasteiger partial charge in [-0.25, -0.2) is 9.78 Å². The van der Waals surface area contributed by atoms with Crippen LogP contribution in [0.1, 0.15) is 15.4 Å². The number of carbonyl (C=O) groups is 1. The second kappa shape index (κ2) is 5.67. The van der Waals surface area contributed by atoms with Gasteiger partial charge in [-0.2, -0.15) is 0 Å². The molecular formula is C17H13N4O3S+. The van der Waals surface area contributed by atoms with Crippen LogP contribution in [-0.2, 0) is 7.05 Å². The summed E-state index contributed by atoms with van der Waals surface area (Å²) in [5.41, 5.74) is 7.37. The Morgan fingerprint density at radius 2 is 2.00 bits per heavy atom. The molecule has 4 rings (SSSR count). The number of fused-ring (bicyclic) bond motifs is 1. The van der Waals surface area contributed by atoms with E-state index in [2.05, 4.69) is 14.8 Å². The van der Waals surface area contributed by atoms with Gasteiger partial charge in [0.05, 0.1) is 11.4 Å². The number of nitrogens with zero attached hydrogens (tertiary/aromatic N) is 2. The first-order chi connectivity index (χ1) is 12.1. The van der Waals surface area contributed by atoms with Crippen LogP contribution in [0, 0.1) is 0 Å². The summed E-state index contributed by atoms with van der Waals surface area (Å²) in [7, 11) is 1.52. The number of aromatic amines is 1. The first-order valence-electron chi connectivity index (χ1n) is 7.43. The maximum Gasteiger partial charge on any atom is 0.438 e. The smallest absolute Gasteiger partial charge is 0.397 e. The highest BCUT2D eigenvalue weighted by molar-refractivity contribution is 7.21. The lowest BCUT2D eigenvalue weighted by molar-refractivity contribution is -0.741. The molecule has 4 aromatic rings. The number of ketones is 1. The van der Waals surface area contributed by atoms with Crippen LogP contribution in [0.4, 0.5) is 5.69 Å². The molecule has 124 valence electrons. The molecule has 0 spiro atoms. The van der Waals surface area contributed by atoms with Crippen molar-refractivity contribution in [3.05, 3.63) is 63.5 Å². The molecule has 8 heteroatoms. The first kappa shape index (κ1) is 15.3. The van der Waals surface area contributed by atoms with Crippen molar-refractivity contribution in [2.75, 3.05) is 5.73 Å². The van der Waals surface area contributed by atoms with E-state index < -0.39 is 11.4 Å². The van der Waals surface area contributed by atoms with Crippen molar-refractivity contribution < 1.29 is 14.0 Å². The highest BCUT2D eigenvalue weighted by Gasteiger charge is 2.31. The van der Waals surface area contributed by atoms with Crippen LogP contribution in [-0.4, -0.2) is 16.0 Å². The van der Waals surface area contributed by atoms with E-state index in [-0.39, 0.29) is 10.6 Å². The molecule has 0 unspecified atom stereocenters. The Morgan fingerprint density at radius 3 is 2.68 bits per heavy atom. The van der Waals surface area contributed by atoms with E-state index >= 15 is 0 Å². The zero-order valence-electron chi connectivity index (χ0n) is 13.1. The van der Waals surface area contributed by atoms with Crippen molar-refractivity contribution in [1.29, 1.82) is 0 Å². The molecule has 0 bridgehead atoms. The lowest BCUT2D eigenvalue weighted by atomic mass is 10.1. The normalized spacial score (nSPS) is 11.1. The third-order valence-electron chi connectivity index (χ3n) is 3.89. The summed E-state index contributed by atoms with van der Waals surface area (Å²) < 4.78 is 5.87. The quantitative estimate of drug-likeness (QED) is 0.432. The van der Waals surface area contributed by atoms with Crippen LogP contribution >= 0.6 is 11.3 Å². The number of aromatic nitrogens is 3. The number of anilines is 1. The average molecular weight is 353 g/mol. The number of carbonyl (C=O) groups excluding carboxylic acids is 1. The van der Waals surface area contributed by atoms with E-state index in [1.54, 1.807) is 0 Å². The largest absolute Gasteiger partial charge is 0.438 e. The van der Waals surface area contributed by atoms with Crippen LogP contribution in [0.25, 0.3) is 21.5 Å². The van der Waals surface area contributed by atoms with Crippen molar-refractivity contribution in [1.82, 2.24) is 10.3 Å². The summed E-state index contributed by atoms with van der Waals surface area (Å²) in [6.45, 7) is 0. The summed E-state index contributed by atoms with van der Waals surface area (Å²) in [6, 6.07) is 13.4. The van der Waals surface area contributed by atoms with Crippen LogP contribution in [0.3, 0.4) is 0 Å². The fraction of sp³-hybridized carbons (Fsp3) is 0.0588. The van der Waals surface area contributed by atoms with Crippen LogP contribution < -0.4 is 16.0 Å². The van der Waals surface area contributed by atoms with Crippen LogP contribution in [0.2, 0.25) is 0 Å². The number of thiophene rings is 1. The third kappa shape index (κ3) is 2.43. The molecule has 0 atom stereocenters. The van der Waals surface area contributed by atoms with Crippen molar-refractivity contribution in [2.24, 2.45) is 7.05 Å². The second-order valence-corrected chi connectivity index (χ2v) is 6.48. The molecule has 3 N–H and O–H groups in total. The van der Waals surface area contributed by atoms with Crippen molar-refractivity contribution in [2.45, 2.75) is 0 Å². The predicted molar refractivity (Wildman–Crippen MR) is 93.4 cm³/mol. The molecule has 0 fully saturated rings. The topological polar surface area (TPSA) is 106 Å². The Morgan fingerprint density at radius 1 is 1.24 bits per heavy atom. The van der Waals surface area contributed by atoms with E-state index in [4.69, 9.17) is 5.73 Å². The molecule has 0 aliphatic carbocycles. The molecule has 0 saturated carbocycles. The fourth-order valence-electron chi connectivity index (χ4n) is 2.63. The Bertz CT molecular complexity index is 1160. The maximum atomic E-state index is 12.7. The molecule has 25 heavy (non-hydrogen) atoms. The molecule has 3 heterocycles. The Hall–Kier alpha value is -3.26. The summed E-state index contributed by atoms with van der Waals surface area (Å²) >= 11 is 1.16.